The summed E-state index contributed by atoms with van der Waals surface area (Å²) in [5.74, 6) is -0.219. The molecule has 1 aliphatic carbocycles. The summed E-state index contributed by atoms with van der Waals surface area (Å²) in [5, 5.41) is 13.4. The van der Waals surface area contributed by atoms with Crippen molar-refractivity contribution in [2.45, 2.75) is 31.7 Å². The zero-order chi connectivity index (χ0) is 14.7. The van der Waals surface area contributed by atoms with Crippen LogP contribution >= 0.6 is 11.3 Å². The van der Waals surface area contributed by atoms with Crippen LogP contribution in [0.4, 0.5) is 4.39 Å². The molecule has 0 spiro atoms. The van der Waals surface area contributed by atoms with Gasteiger partial charge in [-0.25, -0.2) is 9.37 Å². The van der Waals surface area contributed by atoms with Crippen LogP contribution in [0.5, 0.6) is 0 Å². The molecule has 2 aromatic rings. The van der Waals surface area contributed by atoms with Crippen LogP contribution in [-0.4, -0.2) is 23.2 Å². The number of fused-ring (bicyclic) bond motifs is 1. The number of aliphatic hydroxyl groups excluding tert-OH is 1. The predicted octanol–water partition coefficient (Wildman–Crippen LogP) is 3.30. The van der Waals surface area contributed by atoms with E-state index in [0.29, 0.717) is 6.04 Å². The average molecular weight is 306 g/mol. The summed E-state index contributed by atoms with van der Waals surface area (Å²) in [4.78, 5) is 6.04. The second-order valence-electron chi connectivity index (χ2n) is 5.31. The number of halogens is 1. The molecular weight excluding hydrogens is 287 g/mol. The van der Waals surface area contributed by atoms with Crippen LogP contribution in [0, 0.1) is 5.82 Å². The Bertz CT molecular complexity index is 597. The second-order valence-corrected chi connectivity index (χ2v) is 6.34. The largest absolute Gasteiger partial charge is 0.396 e. The maximum Gasteiger partial charge on any atom is 0.123 e. The van der Waals surface area contributed by atoms with E-state index in [2.05, 4.69) is 5.32 Å². The molecule has 112 valence electrons. The zero-order valence-electron chi connectivity index (χ0n) is 11.8. The fourth-order valence-electron chi connectivity index (χ4n) is 2.69. The number of rotatable bonds is 5. The number of aliphatic hydroxyl groups is 1. The maximum atomic E-state index is 13.0. The normalized spacial score (nSPS) is 17.7. The van der Waals surface area contributed by atoms with Gasteiger partial charge in [0.25, 0.3) is 0 Å². The van der Waals surface area contributed by atoms with E-state index in [1.165, 1.54) is 22.7 Å². The van der Waals surface area contributed by atoms with E-state index in [1.807, 2.05) is 0 Å². The van der Waals surface area contributed by atoms with Gasteiger partial charge in [-0.1, -0.05) is 0 Å². The first-order valence-electron chi connectivity index (χ1n) is 7.37. The van der Waals surface area contributed by atoms with Crippen molar-refractivity contribution in [3.63, 3.8) is 0 Å². The Morgan fingerprint density at radius 1 is 1.33 bits per heavy atom. The van der Waals surface area contributed by atoms with Gasteiger partial charge in [-0.2, -0.15) is 0 Å². The molecule has 3 nitrogen and oxygen atoms in total. The van der Waals surface area contributed by atoms with Crippen molar-refractivity contribution in [1.29, 1.82) is 0 Å². The number of aromatic nitrogens is 1. The van der Waals surface area contributed by atoms with E-state index in [9.17, 15) is 4.39 Å². The molecular formula is C16H19FN2OS. The Morgan fingerprint density at radius 3 is 2.90 bits per heavy atom. The zero-order valence-corrected chi connectivity index (χ0v) is 12.6. The molecule has 2 N–H and O–H groups in total. The Morgan fingerprint density at radius 2 is 2.14 bits per heavy atom. The molecule has 1 unspecified atom stereocenters. The lowest BCUT2D eigenvalue weighted by molar-refractivity contribution is 0.282. The number of nitrogens with one attached hydrogen (secondary N) is 1. The molecule has 0 amide bonds. The van der Waals surface area contributed by atoms with E-state index in [-0.39, 0.29) is 12.4 Å². The minimum Gasteiger partial charge on any atom is -0.396 e. The monoisotopic (exact) mass is 306 g/mol. The molecule has 1 heterocycles. The lowest BCUT2D eigenvalue weighted by Gasteiger charge is -2.22. The van der Waals surface area contributed by atoms with Crippen molar-refractivity contribution in [2.75, 3.05) is 13.2 Å². The smallest absolute Gasteiger partial charge is 0.123 e. The molecule has 1 aliphatic rings. The van der Waals surface area contributed by atoms with Crippen molar-refractivity contribution in [1.82, 2.24) is 10.3 Å². The van der Waals surface area contributed by atoms with Crippen LogP contribution in [-0.2, 0) is 6.42 Å². The molecule has 0 fully saturated rings. The number of hydrogen-bond acceptors (Lipinski definition) is 4. The third-order valence-electron chi connectivity index (χ3n) is 3.77. The average Bonchev–Trinajstić information content (AvgIpc) is 2.93. The van der Waals surface area contributed by atoms with Crippen LogP contribution in [0.3, 0.4) is 0 Å². The molecule has 1 aromatic heterocycles. The lowest BCUT2D eigenvalue weighted by Crippen LogP contribution is -2.25. The lowest BCUT2D eigenvalue weighted by atomic mass is 9.98. The van der Waals surface area contributed by atoms with Gasteiger partial charge in [0.05, 0.1) is 5.69 Å². The molecule has 0 bridgehead atoms. The number of thiazole rings is 1. The van der Waals surface area contributed by atoms with E-state index in [0.717, 1.165) is 42.8 Å². The fourth-order valence-corrected chi connectivity index (χ4v) is 3.91. The first-order chi connectivity index (χ1) is 10.3. The number of aryl methyl sites for hydroxylation is 1. The Balaban J connectivity index is 1.82. The van der Waals surface area contributed by atoms with Crippen molar-refractivity contribution < 1.29 is 9.50 Å². The van der Waals surface area contributed by atoms with Gasteiger partial charge >= 0.3 is 0 Å². The van der Waals surface area contributed by atoms with Gasteiger partial charge in [-0.15, -0.1) is 11.3 Å². The Labute approximate surface area is 127 Å². The van der Waals surface area contributed by atoms with Gasteiger partial charge in [0.15, 0.2) is 0 Å². The van der Waals surface area contributed by atoms with Crippen LogP contribution in [0.2, 0.25) is 0 Å². The third-order valence-corrected chi connectivity index (χ3v) is 5.03. The molecule has 0 radical (unpaired) electrons. The van der Waals surface area contributed by atoms with Gasteiger partial charge in [-0.3, -0.25) is 0 Å². The molecule has 0 saturated carbocycles. The SMILES string of the molecule is OCCCNC1CCCc2nc(-c3ccc(F)cc3)sc21. The number of hydrogen-bond donors (Lipinski definition) is 2. The summed E-state index contributed by atoms with van der Waals surface area (Å²) in [6, 6.07) is 6.87. The minimum absolute atomic E-state index is 0.218. The second kappa shape index (κ2) is 6.64. The van der Waals surface area contributed by atoms with Crippen molar-refractivity contribution in [3.05, 3.63) is 40.7 Å². The summed E-state index contributed by atoms with van der Waals surface area (Å²) in [6.07, 6.45) is 4.04. The first-order valence-corrected chi connectivity index (χ1v) is 8.19. The predicted molar refractivity (Wildman–Crippen MR) is 82.9 cm³/mol. The third kappa shape index (κ3) is 3.31. The van der Waals surface area contributed by atoms with Gasteiger partial charge in [-0.05, 0) is 56.5 Å². The van der Waals surface area contributed by atoms with Gasteiger partial charge < -0.3 is 10.4 Å². The topological polar surface area (TPSA) is 45.1 Å². The molecule has 1 atom stereocenters. The van der Waals surface area contributed by atoms with Gasteiger partial charge in [0.2, 0.25) is 0 Å². The summed E-state index contributed by atoms with van der Waals surface area (Å²) in [7, 11) is 0. The van der Waals surface area contributed by atoms with E-state index in [1.54, 1.807) is 23.5 Å². The standard InChI is InChI=1S/C16H19FN2OS/c17-12-7-5-11(6-8-12)16-19-14-4-1-3-13(15(14)21-16)18-9-2-10-20/h5-8,13,18,20H,1-4,9-10H2. The molecule has 3 rings (SSSR count). The highest BCUT2D eigenvalue weighted by molar-refractivity contribution is 7.15. The summed E-state index contributed by atoms with van der Waals surface area (Å²) < 4.78 is 13.0. The molecule has 0 aliphatic heterocycles. The fraction of sp³-hybridized carbons (Fsp3) is 0.438. The van der Waals surface area contributed by atoms with Crippen LogP contribution < -0.4 is 5.32 Å². The van der Waals surface area contributed by atoms with E-state index < -0.39 is 0 Å². The highest BCUT2D eigenvalue weighted by atomic mass is 32.1. The summed E-state index contributed by atoms with van der Waals surface area (Å²) in [6.45, 7) is 1.04. The van der Waals surface area contributed by atoms with Gasteiger partial charge in [0.1, 0.15) is 10.8 Å². The van der Waals surface area contributed by atoms with Crippen molar-refractivity contribution in [2.24, 2.45) is 0 Å². The first kappa shape index (κ1) is 14.6. The highest BCUT2D eigenvalue weighted by Crippen LogP contribution is 2.37. The van der Waals surface area contributed by atoms with Crippen LogP contribution in [0.1, 0.15) is 35.9 Å². The van der Waals surface area contributed by atoms with Gasteiger partial charge in [0, 0.05) is 23.1 Å². The maximum absolute atomic E-state index is 13.0. The van der Waals surface area contributed by atoms with E-state index in [4.69, 9.17) is 10.1 Å². The molecule has 1 aromatic carbocycles. The molecule has 0 saturated heterocycles. The number of benzene rings is 1. The summed E-state index contributed by atoms with van der Waals surface area (Å²) >= 11 is 1.70. The van der Waals surface area contributed by atoms with E-state index >= 15 is 0 Å². The van der Waals surface area contributed by atoms with Crippen molar-refractivity contribution >= 4 is 11.3 Å². The Hall–Kier alpha value is -1.30. The molecule has 5 heteroatoms. The molecule has 21 heavy (non-hydrogen) atoms. The highest BCUT2D eigenvalue weighted by Gasteiger charge is 2.24. The number of nitrogens with zero attached hydrogens (tertiary/aromatic N) is 1. The van der Waals surface area contributed by atoms with Crippen LogP contribution in [0.25, 0.3) is 10.6 Å². The Kier molecular flexibility index (Phi) is 4.63. The van der Waals surface area contributed by atoms with Crippen molar-refractivity contribution in [3.8, 4) is 10.6 Å². The summed E-state index contributed by atoms with van der Waals surface area (Å²) in [5.41, 5.74) is 2.15. The quantitative estimate of drug-likeness (QED) is 0.833. The van der Waals surface area contributed by atoms with Crippen LogP contribution in [0.15, 0.2) is 24.3 Å². The minimum atomic E-state index is -0.219.